The monoisotopic (exact) mass is 236 g/mol. The average molecular weight is 236 g/mol. The number of nitrogens with zero attached hydrogens (tertiary/aromatic N) is 2. The van der Waals surface area contributed by atoms with Gasteiger partial charge in [0.25, 0.3) is 0 Å². The second-order valence-electron chi connectivity index (χ2n) is 4.24. The summed E-state index contributed by atoms with van der Waals surface area (Å²) in [5.74, 6) is 0. The molecule has 2 heterocycles. The van der Waals surface area contributed by atoms with Crippen molar-refractivity contribution in [3.05, 3.63) is 70.8 Å². The molecule has 0 aliphatic rings. The summed E-state index contributed by atoms with van der Waals surface area (Å²) < 4.78 is 1.57. The smallest absolute Gasteiger partial charge is 0.268 e. The van der Waals surface area contributed by atoms with E-state index in [1.807, 2.05) is 55.5 Å². The van der Waals surface area contributed by atoms with Gasteiger partial charge in [0, 0.05) is 11.8 Å². The zero-order valence-electron chi connectivity index (χ0n) is 10.00. The van der Waals surface area contributed by atoms with Crippen LogP contribution in [0.25, 0.3) is 16.8 Å². The Kier molecular flexibility index (Phi) is 2.45. The van der Waals surface area contributed by atoms with Crippen LogP contribution in [0.15, 0.2) is 59.5 Å². The van der Waals surface area contributed by atoms with Gasteiger partial charge in [0.1, 0.15) is 0 Å². The molecule has 0 bridgehead atoms. The Balaban J connectivity index is 2.34. The normalized spacial score (nSPS) is 10.7. The van der Waals surface area contributed by atoms with Crippen molar-refractivity contribution < 1.29 is 0 Å². The summed E-state index contributed by atoms with van der Waals surface area (Å²) in [6.45, 7) is 1.99. The predicted octanol–water partition coefficient (Wildman–Crippen LogP) is 2.67. The van der Waals surface area contributed by atoms with E-state index in [2.05, 4.69) is 4.98 Å². The molecule has 2 aromatic heterocycles. The highest BCUT2D eigenvalue weighted by Gasteiger charge is 2.05. The molecule has 0 spiro atoms. The van der Waals surface area contributed by atoms with Gasteiger partial charge in [-0.25, -0.2) is 4.79 Å². The van der Waals surface area contributed by atoms with Crippen LogP contribution in [0.5, 0.6) is 0 Å². The van der Waals surface area contributed by atoms with Crippen molar-refractivity contribution in [3.8, 4) is 11.3 Å². The van der Waals surface area contributed by atoms with E-state index in [-0.39, 0.29) is 5.69 Å². The van der Waals surface area contributed by atoms with Crippen molar-refractivity contribution in [2.75, 3.05) is 0 Å². The Morgan fingerprint density at radius 2 is 1.83 bits per heavy atom. The van der Waals surface area contributed by atoms with Gasteiger partial charge in [-0.3, -0.25) is 4.40 Å². The maximum absolute atomic E-state index is 12.0. The van der Waals surface area contributed by atoms with Crippen molar-refractivity contribution in [2.24, 2.45) is 0 Å². The number of benzene rings is 1. The highest BCUT2D eigenvalue weighted by Crippen LogP contribution is 2.18. The van der Waals surface area contributed by atoms with Crippen LogP contribution in [0.3, 0.4) is 0 Å². The fraction of sp³-hybridized carbons (Fsp3) is 0.0667. The Morgan fingerprint density at radius 3 is 2.61 bits per heavy atom. The van der Waals surface area contributed by atoms with E-state index >= 15 is 0 Å². The topological polar surface area (TPSA) is 34.4 Å². The standard InChI is InChI=1S/C15H12N2O/c1-11-6-5-9-17-14(11)10-13(16-15(17)18)12-7-3-2-4-8-12/h2-10H,1H3. The molecule has 18 heavy (non-hydrogen) atoms. The molecule has 0 N–H and O–H groups in total. The SMILES string of the molecule is Cc1cccn2c(=O)nc(-c3ccccc3)cc12. The van der Waals surface area contributed by atoms with Gasteiger partial charge in [0.05, 0.1) is 11.2 Å². The summed E-state index contributed by atoms with van der Waals surface area (Å²) in [6.07, 6.45) is 1.74. The van der Waals surface area contributed by atoms with Crippen LogP contribution in [0.4, 0.5) is 0 Å². The molecule has 0 fully saturated rings. The van der Waals surface area contributed by atoms with Gasteiger partial charge >= 0.3 is 5.69 Å². The van der Waals surface area contributed by atoms with Gasteiger partial charge in [0.15, 0.2) is 0 Å². The summed E-state index contributed by atoms with van der Waals surface area (Å²) in [4.78, 5) is 16.1. The van der Waals surface area contributed by atoms with Crippen molar-refractivity contribution in [1.29, 1.82) is 0 Å². The van der Waals surface area contributed by atoms with Gasteiger partial charge in [-0.15, -0.1) is 0 Å². The largest absolute Gasteiger partial charge is 0.352 e. The fourth-order valence-corrected chi connectivity index (χ4v) is 2.05. The van der Waals surface area contributed by atoms with E-state index in [1.54, 1.807) is 10.6 Å². The van der Waals surface area contributed by atoms with E-state index in [0.717, 1.165) is 22.3 Å². The Hall–Kier alpha value is -2.42. The van der Waals surface area contributed by atoms with Crippen LogP contribution in [0.1, 0.15) is 5.56 Å². The van der Waals surface area contributed by atoms with Crippen LogP contribution in [0.2, 0.25) is 0 Å². The molecule has 0 unspecified atom stereocenters. The van der Waals surface area contributed by atoms with Crippen LogP contribution >= 0.6 is 0 Å². The van der Waals surface area contributed by atoms with Gasteiger partial charge in [-0.05, 0) is 24.6 Å². The van der Waals surface area contributed by atoms with Crippen molar-refractivity contribution >= 4 is 5.52 Å². The first kappa shape index (κ1) is 10.7. The molecule has 3 heteroatoms. The number of hydrogen-bond donors (Lipinski definition) is 0. The number of pyridine rings is 1. The number of aromatic nitrogens is 2. The van der Waals surface area contributed by atoms with Crippen LogP contribution in [-0.2, 0) is 0 Å². The van der Waals surface area contributed by atoms with Crippen LogP contribution in [-0.4, -0.2) is 9.38 Å². The minimum Gasteiger partial charge on any atom is -0.268 e. The molecule has 0 radical (unpaired) electrons. The first-order valence-corrected chi connectivity index (χ1v) is 5.80. The van der Waals surface area contributed by atoms with E-state index in [1.165, 1.54) is 0 Å². The molecule has 1 aromatic carbocycles. The third-order valence-corrected chi connectivity index (χ3v) is 3.01. The third-order valence-electron chi connectivity index (χ3n) is 3.01. The molecule has 3 aromatic rings. The lowest BCUT2D eigenvalue weighted by atomic mass is 10.1. The summed E-state index contributed by atoms with van der Waals surface area (Å²) >= 11 is 0. The fourth-order valence-electron chi connectivity index (χ4n) is 2.05. The lowest BCUT2D eigenvalue weighted by Gasteiger charge is -2.06. The van der Waals surface area contributed by atoms with Crippen LogP contribution < -0.4 is 5.69 Å². The molecule has 0 atom stereocenters. The molecule has 0 saturated heterocycles. The molecule has 3 rings (SSSR count). The summed E-state index contributed by atoms with van der Waals surface area (Å²) in [7, 11) is 0. The lowest BCUT2D eigenvalue weighted by Crippen LogP contribution is -2.17. The molecular formula is C15H12N2O. The minimum atomic E-state index is -0.241. The zero-order valence-corrected chi connectivity index (χ0v) is 10.00. The molecule has 3 nitrogen and oxygen atoms in total. The molecular weight excluding hydrogens is 224 g/mol. The Morgan fingerprint density at radius 1 is 1.06 bits per heavy atom. The summed E-state index contributed by atoms with van der Waals surface area (Å²) in [5.41, 5.74) is 3.40. The van der Waals surface area contributed by atoms with E-state index in [4.69, 9.17) is 0 Å². The molecule has 0 saturated carbocycles. The van der Waals surface area contributed by atoms with Crippen molar-refractivity contribution in [1.82, 2.24) is 9.38 Å². The van der Waals surface area contributed by atoms with Crippen LogP contribution in [0, 0.1) is 6.92 Å². The number of fused-ring (bicyclic) bond motifs is 1. The second kappa shape index (κ2) is 4.11. The van der Waals surface area contributed by atoms with Crippen molar-refractivity contribution in [2.45, 2.75) is 6.92 Å². The summed E-state index contributed by atoms with van der Waals surface area (Å²) in [6, 6.07) is 15.5. The minimum absolute atomic E-state index is 0.241. The number of rotatable bonds is 1. The highest BCUT2D eigenvalue weighted by atomic mass is 16.1. The highest BCUT2D eigenvalue weighted by molar-refractivity contribution is 5.66. The van der Waals surface area contributed by atoms with Gasteiger partial charge in [-0.2, -0.15) is 4.98 Å². The molecule has 0 aliphatic heterocycles. The van der Waals surface area contributed by atoms with E-state index in [0.29, 0.717) is 0 Å². The Labute approximate surface area is 104 Å². The zero-order chi connectivity index (χ0) is 12.5. The summed E-state index contributed by atoms with van der Waals surface area (Å²) in [5, 5.41) is 0. The number of hydrogen-bond acceptors (Lipinski definition) is 2. The van der Waals surface area contributed by atoms with Crippen molar-refractivity contribution in [3.63, 3.8) is 0 Å². The van der Waals surface area contributed by atoms with Gasteiger partial charge in [-0.1, -0.05) is 36.4 Å². The van der Waals surface area contributed by atoms with Gasteiger partial charge < -0.3 is 0 Å². The van der Waals surface area contributed by atoms with E-state index in [9.17, 15) is 4.79 Å². The lowest BCUT2D eigenvalue weighted by molar-refractivity contribution is 0.991. The average Bonchev–Trinajstić information content (AvgIpc) is 2.41. The molecule has 0 amide bonds. The Bertz CT molecular complexity index is 760. The number of aryl methyl sites for hydroxylation is 1. The van der Waals surface area contributed by atoms with Gasteiger partial charge in [0.2, 0.25) is 0 Å². The second-order valence-corrected chi connectivity index (χ2v) is 4.24. The maximum atomic E-state index is 12.0. The first-order valence-electron chi connectivity index (χ1n) is 5.80. The maximum Gasteiger partial charge on any atom is 0.352 e. The quantitative estimate of drug-likeness (QED) is 0.651. The van der Waals surface area contributed by atoms with E-state index < -0.39 is 0 Å². The molecule has 0 aliphatic carbocycles. The third kappa shape index (κ3) is 1.70. The predicted molar refractivity (Wildman–Crippen MR) is 71.6 cm³/mol. The molecule has 88 valence electrons. The first-order chi connectivity index (χ1) is 8.75.